The lowest BCUT2D eigenvalue weighted by molar-refractivity contribution is -0.124. The van der Waals surface area contributed by atoms with Gasteiger partial charge in [0, 0.05) is 5.02 Å². The third-order valence-electron chi connectivity index (χ3n) is 4.28. The Balaban J connectivity index is 1.85. The Hall–Kier alpha value is -2.53. The number of carbonyl (C=O) groups is 1. The molecule has 25 heavy (non-hydrogen) atoms. The van der Waals surface area contributed by atoms with E-state index in [0.717, 1.165) is 12.0 Å². The normalized spacial score (nSPS) is 13.6. The third-order valence-corrected chi connectivity index (χ3v) is 4.53. The number of nitrogens with zero attached hydrogens (tertiary/aromatic N) is 1. The standard InChI is InChI=1S/C19H19ClN2O3/c1-3-15(13-8-10-14(20)11-9-13)21-18(23)12(2)22-16-6-4-5-7-17(16)25-19(22)24/h4-12,15H,3H2,1-2H3,(H,21,23). The van der Waals surface area contributed by atoms with Gasteiger partial charge in [-0.2, -0.15) is 0 Å². The molecule has 0 spiro atoms. The Bertz CT molecular complexity index is 943. The summed E-state index contributed by atoms with van der Waals surface area (Å²) in [5, 5.41) is 3.65. The largest absolute Gasteiger partial charge is 0.420 e. The molecule has 0 fully saturated rings. The number of nitrogens with one attached hydrogen (secondary N) is 1. The second kappa shape index (κ2) is 7.15. The smallest absolute Gasteiger partial charge is 0.408 e. The van der Waals surface area contributed by atoms with E-state index in [2.05, 4.69) is 5.32 Å². The van der Waals surface area contributed by atoms with Crippen molar-refractivity contribution in [2.75, 3.05) is 0 Å². The molecule has 2 atom stereocenters. The van der Waals surface area contributed by atoms with E-state index in [1.54, 1.807) is 43.3 Å². The van der Waals surface area contributed by atoms with Gasteiger partial charge in [-0.3, -0.25) is 9.36 Å². The summed E-state index contributed by atoms with van der Waals surface area (Å²) in [5.41, 5.74) is 2.04. The van der Waals surface area contributed by atoms with Crippen molar-refractivity contribution < 1.29 is 9.21 Å². The van der Waals surface area contributed by atoms with Gasteiger partial charge in [0.05, 0.1) is 11.6 Å². The van der Waals surface area contributed by atoms with Gasteiger partial charge in [0.15, 0.2) is 5.58 Å². The lowest BCUT2D eigenvalue weighted by atomic mass is 10.0. The lowest BCUT2D eigenvalue weighted by Gasteiger charge is -2.20. The number of fused-ring (bicyclic) bond motifs is 1. The van der Waals surface area contributed by atoms with Crippen LogP contribution in [0.2, 0.25) is 5.02 Å². The highest BCUT2D eigenvalue weighted by Crippen LogP contribution is 2.21. The van der Waals surface area contributed by atoms with Gasteiger partial charge < -0.3 is 9.73 Å². The number of carbonyl (C=O) groups excluding carboxylic acids is 1. The fourth-order valence-corrected chi connectivity index (χ4v) is 3.00. The van der Waals surface area contributed by atoms with Crippen LogP contribution in [-0.4, -0.2) is 10.5 Å². The van der Waals surface area contributed by atoms with E-state index < -0.39 is 11.8 Å². The van der Waals surface area contributed by atoms with E-state index in [9.17, 15) is 9.59 Å². The van der Waals surface area contributed by atoms with Crippen LogP contribution in [0.4, 0.5) is 0 Å². The first-order chi connectivity index (χ1) is 12.0. The summed E-state index contributed by atoms with van der Waals surface area (Å²) in [7, 11) is 0. The van der Waals surface area contributed by atoms with Gasteiger partial charge in [-0.25, -0.2) is 4.79 Å². The van der Waals surface area contributed by atoms with E-state index >= 15 is 0 Å². The van der Waals surface area contributed by atoms with E-state index in [1.807, 2.05) is 19.1 Å². The Kier molecular flexibility index (Phi) is 4.95. The molecule has 5 nitrogen and oxygen atoms in total. The molecule has 0 saturated heterocycles. The van der Waals surface area contributed by atoms with Crippen molar-refractivity contribution in [1.82, 2.24) is 9.88 Å². The van der Waals surface area contributed by atoms with Crippen LogP contribution in [0.25, 0.3) is 11.1 Å². The van der Waals surface area contributed by atoms with Crippen molar-refractivity contribution in [2.45, 2.75) is 32.4 Å². The van der Waals surface area contributed by atoms with Gasteiger partial charge in [-0.1, -0.05) is 42.8 Å². The first-order valence-electron chi connectivity index (χ1n) is 8.17. The summed E-state index contributed by atoms with van der Waals surface area (Å²) in [6.07, 6.45) is 0.723. The average molecular weight is 359 g/mol. The molecule has 0 radical (unpaired) electrons. The van der Waals surface area contributed by atoms with E-state index in [0.29, 0.717) is 16.1 Å². The summed E-state index contributed by atoms with van der Waals surface area (Å²) in [5.74, 6) is -0.779. The number of amides is 1. The van der Waals surface area contributed by atoms with Crippen molar-refractivity contribution in [1.29, 1.82) is 0 Å². The fourth-order valence-electron chi connectivity index (χ4n) is 2.88. The van der Waals surface area contributed by atoms with Gasteiger partial charge in [0.1, 0.15) is 6.04 Å². The number of aromatic nitrogens is 1. The molecule has 1 aromatic heterocycles. The quantitative estimate of drug-likeness (QED) is 0.747. The van der Waals surface area contributed by atoms with E-state index in [1.165, 1.54) is 4.57 Å². The minimum absolute atomic E-state index is 0.152. The zero-order valence-corrected chi connectivity index (χ0v) is 14.8. The molecule has 1 amide bonds. The highest BCUT2D eigenvalue weighted by molar-refractivity contribution is 6.30. The number of oxazole rings is 1. The van der Waals surface area contributed by atoms with Gasteiger partial charge in [0.25, 0.3) is 0 Å². The summed E-state index contributed by atoms with van der Waals surface area (Å²) < 4.78 is 6.59. The Morgan fingerprint density at radius 3 is 2.56 bits per heavy atom. The Morgan fingerprint density at radius 1 is 1.20 bits per heavy atom. The number of hydrogen-bond donors (Lipinski definition) is 1. The zero-order valence-electron chi connectivity index (χ0n) is 14.0. The first-order valence-corrected chi connectivity index (χ1v) is 8.55. The van der Waals surface area contributed by atoms with Gasteiger partial charge >= 0.3 is 5.76 Å². The van der Waals surface area contributed by atoms with Gasteiger partial charge in [-0.15, -0.1) is 0 Å². The van der Waals surface area contributed by atoms with Crippen LogP contribution < -0.4 is 11.1 Å². The molecule has 0 aliphatic heterocycles. The van der Waals surface area contributed by atoms with Crippen LogP contribution >= 0.6 is 11.6 Å². The monoisotopic (exact) mass is 358 g/mol. The third kappa shape index (κ3) is 3.46. The van der Waals surface area contributed by atoms with Crippen molar-refractivity contribution >= 4 is 28.6 Å². The summed E-state index contributed by atoms with van der Waals surface area (Å²) in [6, 6.07) is 13.6. The van der Waals surface area contributed by atoms with E-state index in [4.69, 9.17) is 16.0 Å². The van der Waals surface area contributed by atoms with Crippen molar-refractivity contribution in [2.24, 2.45) is 0 Å². The van der Waals surface area contributed by atoms with Crippen LogP contribution in [0.15, 0.2) is 57.7 Å². The van der Waals surface area contributed by atoms with Crippen molar-refractivity contribution in [3.63, 3.8) is 0 Å². The van der Waals surface area contributed by atoms with Crippen LogP contribution in [0.1, 0.15) is 37.9 Å². The average Bonchev–Trinajstić information content (AvgIpc) is 2.95. The SMILES string of the molecule is CCC(NC(=O)C(C)n1c(=O)oc2ccccc21)c1ccc(Cl)cc1. The molecule has 130 valence electrons. The van der Waals surface area contributed by atoms with Gasteiger partial charge in [0.2, 0.25) is 5.91 Å². The highest BCUT2D eigenvalue weighted by atomic mass is 35.5. The van der Waals surface area contributed by atoms with Crippen LogP contribution in [0.5, 0.6) is 0 Å². The van der Waals surface area contributed by atoms with Crippen molar-refractivity contribution in [3.05, 3.63) is 69.7 Å². The molecule has 3 aromatic rings. The van der Waals surface area contributed by atoms with Crippen LogP contribution in [-0.2, 0) is 4.79 Å². The molecule has 0 aliphatic carbocycles. The maximum atomic E-state index is 12.7. The molecule has 3 rings (SSSR count). The predicted octanol–water partition coefficient (Wildman–Crippen LogP) is 4.08. The fraction of sp³-hybridized carbons (Fsp3) is 0.263. The molecular formula is C19H19ClN2O3. The number of para-hydroxylation sites is 2. The summed E-state index contributed by atoms with van der Waals surface area (Å²) in [6.45, 7) is 3.68. The first kappa shape index (κ1) is 17.3. The molecule has 2 unspecified atom stereocenters. The maximum Gasteiger partial charge on any atom is 0.420 e. The lowest BCUT2D eigenvalue weighted by Crippen LogP contribution is -2.36. The van der Waals surface area contributed by atoms with Gasteiger partial charge in [-0.05, 0) is 43.2 Å². The number of halogens is 1. The van der Waals surface area contributed by atoms with Crippen LogP contribution in [0, 0.1) is 0 Å². The second-order valence-electron chi connectivity index (χ2n) is 5.90. The van der Waals surface area contributed by atoms with Crippen LogP contribution in [0.3, 0.4) is 0 Å². The second-order valence-corrected chi connectivity index (χ2v) is 6.34. The number of hydrogen-bond acceptors (Lipinski definition) is 3. The molecule has 1 heterocycles. The molecule has 6 heteroatoms. The van der Waals surface area contributed by atoms with Crippen molar-refractivity contribution in [3.8, 4) is 0 Å². The summed E-state index contributed by atoms with van der Waals surface area (Å²) in [4.78, 5) is 24.9. The molecule has 0 saturated carbocycles. The Labute approximate surface area is 150 Å². The number of rotatable bonds is 5. The highest BCUT2D eigenvalue weighted by Gasteiger charge is 2.23. The molecular weight excluding hydrogens is 340 g/mol. The predicted molar refractivity (Wildman–Crippen MR) is 97.8 cm³/mol. The molecule has 2 aromatic carbocycles. The topological polar surface area (TPSA) is 64.2 Å². The minimum atomic E-state index is -0.683. The molecule has 1 N–H and O–H groups in total. The maximum absolute atomic E-state index is 12.7. The van der Waals surface area contributed by atoms with E-state index in [-0.39, 0.29) is 11.9 Å². The number of benzene rings is 2. The molecule has 0 aliphatic rings. The Morgan fingerprint density at radius 2 is 1.88 bits per heavy atom. The zero-order chi connectivity index (χ0) is 18.0. The summed E-state index contributed by atoms with van der Waals surface area (Å²) >= 11 is 5.92. The molecule has 0 bridgehead atoms. The minimum Gasteiger partial charge on any atom is -0.408 e.